The van der Waals surface area contributed by atoms with E-state index in [2.05, 4.69) is 28.2 Å². The van der Waals surface area contributed by atoms with Gasteiger partial charge in [-0.1, -0.05) is 22.9 Å². The number of rotatable bonds is 5. The zero-order chi connectivity index (χ0) is 14.6. The molecule has 1 fully saturated rings. The Labute approximate surface area is 128 Å². The summed E-state index contributed by atoms with van der Waals surface area (Å²) in [7, 11) is 0. The van der Waals surface area contributed by atoms with Crippen LogP contribution < -0.4 is 5.32 Å². The molecule has 1 unspecified atom stereocenters. The summed E-state index contributed by atoms with van der Waals surface area (Å²) in [4.78, 5) is 12.0. The number of ether oxygens (including phenoxy) is 2. The van der Waals surface area contributed by atoms with Crippen LogP contribution in [0.25, 0.3) is 0 Å². The Kier molecular flexibility index (Phi) is 5.18. The van der Waals surface area contributed by atoms with Gasteiger partial charge < -0.3 is 14.8 Å². The molecule has 110 valence electrons. The normalized spacial score (nSPS) is 18.8. The molecule has 1 N–H and O–H groups in total. The largest absolute Gasteiger partial charge is 0.352 e. The molecule has 1 aliphatic rings. The molecule has 1 heterocycles. The number of amides is 1. The Hall–Kier alpha value is -0.910. The van der Waals surface area contributed by atoms with Gasteiger partial charge in [-0.05, 0) is 37.1 Å². The zero-order valence-electron chi connectivity index (χ0n) is 11.8. The van der Waals surface area contributed by atoms with Crippen LogP contribution in [0.2, 0.25) is 0 Å². The molecule has 0 radical (unpaired) electrons. The minimum Gasteiger partial charge on any atom is -0.352 e. The monoisotopic (exact) mass is 341 g/mol. The molecule has 20 heavy (non-hydrogen) atoms. The van der Waals surface area contributed by atoms with Crippen molar-refractivity contribution in [1.82, 2.24) is 5.32 Å². The second-order valence-corrected chi connectivity index (χ2v) is 6.27. The summed E-state index contributed by atoms with van der Waals surface area (Å²) in [5.41, 5.74) is 0.667. The predicted molar refractivity (Wildman–Crippen MR) is 80.6 cm³/mol. The van der Waals surface area contributed by atoms with Crippen LogP contribution in [-0.4, -0.2) is 31.5 Å². The van der Waals surface area contributed by atoms with Crippen molar-refractivity contribution in [3.8, 4) is 0 Å². The van der Waals surface area contributed by atoms with Crippen LogP contribution in [0.3, 0.4) is 0 Å². The lowest BCUT2D eigenvalue weighted by Crippen LogP contribution is -2.34. The minimum atomic E-state index is -0.498. The maximum absolute atomic E-state index is 12.0. The summed E-state index contributed by atoms with van der Waals surface area (Å²) >= 11 is 3.35. The van der Waals surface area contributed by atoms with Gasteiger partial charge in [-0.2, -0.15) is 0 Å². The molecule has 1 aliphatic heterocycles. The number of nitrogens with one attached hydrogen (secondary N) is 1. The Morgan fingerprint density at radius 3 is 2.55 bits per heavy atom. The van der Waals surface area contributed by atoms with Crippen molar-refractivity contribution in [2.75, 3.05) is 19.8 Å². The summed E-state index contributed by atoms with van der Waals surface area (Å²) < 4.78 is 12.1. The van der Waals surface area contributed by atoms with Gasteiger partial charge in [0.15, 0.2) is 5.79 Å². The molecule has 1 amide bonds. The van der Waals surface area contributed by atoms with Crippen molar-refractivity contribution in [2.24, 2.45) is 5.92 Å². The summed E-state index contributed by atoms with van der Waals surface area (Å²) in [5, 5.41) is 2.94. The average Bonchev–Trinajstić information content (AvgIpc) is 2.83. The van der Waals surface area contributed by atoms with E-state index in [1.165, 1.54) is 0 Å². The molecule has 2 rings (SSSR count). The number of hydrogen-bond donors (Lipinski definition) is 1. The molecule has 0 aliphatic carbocycles. The highest BCUT2D eigenvalue weighted by atomic mass is 79.9. The molecule has 0 saturated carbocycles. The smallest absolute Gasteiger partial charge is 0.251 e. The van der Waals surface area contributed by atoms with Gasteiger partial charge in [0, 0.05) is 23.0 Å². The molecule has 0 spiro atoms. The third-order valence-electron chi connectivity index (χ3n) is 3.33. The summed E-state index contributed by atoms with van der Waals surface area (Å²) in [6.07, 6.45) is 0.771. The standard InChI is InChI=1S/C15H20BrNO3/c1-11(9-15(2)19-7-8-20-15)10-17-14(18)12-3-5-13(16)6-4-12/h3-6,11H,7-10H2,1-2H3,(H,17,18). The summed E-state index contributed by atoms with van der Waals surface area (Å²) in [6.45, 7) is 5.94. The van der Waals surface area contributed by atoms with Gasteiger partial charge in [0.2, 0.25) is 0 Å². The van der Waals surface area contributed by atoms with E-state index in [1.807, 2.05) is 19.1 Å². The van der Waals surface area contributed by atoms with Gasteiger partial charge in [-0.3, -0.25) is 4.79 Å². The highest BCUT2D eigenvalue weighted by Gasteiger charge is 2.32. The highest BCUT2D eigenvalue weighted by Crippen LogP contribution is 2.26. The number of carbonyl (C=O) groups is 1. The van der Waals surface area contributed by atoms with Gasteiger partial charge in [0.05, 0.1) is 13.2 Å². The average molecular weight is 342 g/mol. The van der Waals surface area contributed by atoms with Crippen molar-refractivity contribution in [2.45, 2.75) is 26.1 Å². The molecular formula is C15H20BrNO3. The second-order valence-electron chi connectivity index (χ2n) is 5.36. The van der Waals surface area contributed by atoms with Crippen LogP contribution in [0.5, 0.6) is 0 Å². The van der Waals surface area contributed by atoms with E-state index in [0.29, 0.717) is 25.3 Å². The van der Waals surface area contributed by atoms with Crippen molar-refractivity contribution in [3.05, 3.63) is 34.3 Å². The first-order valence-electron chi connectivity index (χ1n) is 6.80. The van der Waals surface area contributed by atoms with E-state index in [9.17, 15) is 4.79 Å². The van der Waals surface area contributed by atoms with E-state index in [4.69, 9.17) is 9.47 Å². The van der Waals surface area contributed by atoms with E-state index < -0.39 is 5.79 Å². The van der Waals surface area contributed by atoms with Crippen molar-refractivity contribution >= 4 is 21.8 Å². The maximum atomic E-state index is 12.0. The molecular weight excluding hydrogens is 322 g/mol. The van der Waals surface area contributed by atoms with Gasteiger partial charge in [0.25, 0.3) is 5.91 Å². The Morgan fingerprint density at radius 2 is 1.95 bits per heavy atom. The van der Waals surface area contributed by atoms with Gasteiger partial charge in [-0.25, -0.2) is 0 Å². The van der Waals surface area contributed by atoms with Gasteiger partial charge in [0.1, 0.15) is 0 Å². The van der Waals surface area contributed by atoms with Gasteiger partial charge in [-0.15, -0.1) is 0 Å². The molecule has 1 atom stereocenters. The number of carbonyl (C=O) groups excluding carboxylic acids is 1. The van der Waals surface area contributed by atoms with Crippen LogP contribution in [-0.2, 0) is 9.47 Å². The van der Waals surface area contributed by atoms with Crippen LogP contribution >= 0.6 is 15.9 Å². The van der Waals surface area contributed by atoms with Crippen molar-refractivity contribution in [3.63, 3.8) is 0 Å². The third-order valence-corrected chi connectivity index (χ3v) is 3.86. The topological polar surface area (TPSA) is 47.6 Å². The molecule has 4 nitrogen and oxygen atoms in total. The van der Waals surface area contributed by atoms with Crippen molar-refractivity contribution < 1.29 is 14.3 Å². The van der Waals surface area contributed by atoms with Crippen LogP contribution in [0.1, 0.15) is 30.6 Å². The molecule has 5 heteroatoms. The lowest BCUT2D eigenvalue weighted by molar-refractivity contribution is -0.153. The highest BCUT2D eigenvalue weighted by molar-refractivity contribution is 9.10. The molecule has 1 aromatic rings. The number of hydrogen-bond acceptors (Lipinski definition) is 3. The summed E-state index contributed by atoms with van der Waals surface area (Å²) in [6, 6.07) is 7.32. The predicted octanol–water partition coefficient (Wildman–Crippen LogP) is 2.97. The number of benzene rings is 1. The minimum absolute atomic E-state index is 0.0530. The zero-order valence-corrected chi connectivity index (χ0v) is 13.4. The quantitative estimate of drug-likeness (QED) is 0.895. The van der Waals surface area contributed by atoms with Crippen LogP contribution in [0.4, 0.5) is 0 Å². The fourth-order valence-electron chi connectivity index (χ4n) is 2.35. The van der Waals surface area contributed by atoms with E-state index in [1.54, 1.807) is 12.1 Å². The first kappa shape index (κ1) is 15.5. The maximum Gasteiger partial charge on any atom is 0.251 e. The van der Waals surface area contributed by atoms with Crippen LogP contribution in [0, 0.1) is 5.92 Å². The van der Waals surface area contributed by atoms with Gasteiger partial charge >= 0.3 is 0 Å². The Balaban J connectivity index is 1.79. The Bertz CT molecular complexity index is 455. The van der Waals surface area contributed by atoms with E-state index >= 15 is 0 Å². The first-order valence-corrected chi connectivity index (χ1v) is 7.59. The van der Waals surface area contributed by atoms with E-state index in [-0.39, 0.29) is 11.8 Å². The molecule has 1 aromatic carbocycles. The fourth-order valence-corrected chi connectivity index (χ4v) is 2.61. The van der Waals surface area contributed by atoms with Crippen LogP contribution in [0.15, 0.2) is 28.7 Å². The number of halogens is 1. The second kappa shape index (κ2) is 6.70. The van der Waals surface area contributed by atoms with E-state index in [0.717, 1.165) is 10.9 Å². The SMILES string of the molecule is CC(CNC(=O)c1ccc(Br)cc1)CC1(C)OCCO1. The lowest BCUT2D eigenvalue weighted by atomic mass is 10.0. The lowest BCUT2D eigenvalue weighted by Gasteiger charge is -2.26. The third kappa shape index (κ3) is 4.30. The molecule has 0 aromatic heterocycles. The first-order chi connectivity index (χ1) is 9.48. The Morgan fingerprint density at radius 1 is 1.35 bits per heavy atom. The summed E-state index contributed by atoms with van der Waals surface area (Å²) in [5.74, 6) is -0.262. The molecule has 1 saturated heterocycles. The molecule has 0 bridgehead atoms. The fraction of sp³-hybridized carbons (Fsp3) is 0.533. The van der Waals surface area contributed by atoms with Crippen molar-refractivity contribution in [1.29, 1.82) is 0 Å².